The molecule has 0 aromatic heterocycles. The van der Waals surface area contributed by atoms with E-state index in [0.717, 1.165) is 37.4 Å². The first-order valence-corrected chi connectivity index (χ1v) is 8.35. The lowest BCUT2D eigenvalue weighted by molar-refractivity contribution is 0.221. The average molecular weight is 293 g/mol. The highest BCUT2D eigenvalue weighted by molar-refractivity contribution is 5.24. The van der Waals surface area contributed by atoms with Gasteiger partial charge in [0, 0.05) is 12.1 Å². The van der Waals surface area contributed by atoms with Gasteiger partial charge in [-0.2, -0.15) is 0 Å². The van der Waals surface area contributed by atoms with Crippen LogP contribution in [0.3, 0.4) is 0 Å². The van der Waals surface area contributed by atoms with Crippen molar-refractivity contribution in [1.82, 2.24) is 5.32 Å². The van der Waals surface area contributed by atoms with E-state index in [2.05, 4.69) is 12.2 Å². The van der Waals surface area contributed by atoms with E-state index in [1.807, 2.05) is 0 Å². The van der Waals surface area contributed by atoms with Crippen molar-refractivity contribution in [2.75, 3.05) is 6.54 Å². The van der Waals surface area contributed by atoms with Crippen LogP contribution in [0.25, 0.3) is 0 Å². The molecule has 3 rings (SSSR count). The first-order valence-electron chi connectivity index (χ1n) is 8.35. The van der Waals surface area contributed by atoms with Crippen molar-refractivity contribution < 1.29 is 8.78 Å². The minimum Gasteiger partial charge on any atom is -0.314 e. The molecule has 1 N–H and O–H groups in total. The van der Waals surface area contributed by atoms with Crippen LogP contribution < -0.4 is 5.32 Å². The molecule has 0 radical (unpaired) electrons. The van der Waals surface area contributed by atoms with Crippen LogP contribution >= 0.6 is 0 Å². The zero-order valence-electron chi connectivity index (χ0n) is 12.7. The Morgan fingerprint density at radius 1 is 1.14 bits per heavy atom. The van der Waals surface area contributed by atoms with E-state index < -0.39 is 5.82 Å². The maximum atomic E-state index is 14.2. The normalized spacial score (nSPS) is 29.6. The van der Waals surface area contributed by atoms with Gasteiger partial charge >= 0.3 is 0 Å². The molecule has 116 valence electrons. The van der Waals surface area contributed by atoms with Gasteiger partial charge in [0.25, 0.3) is 0 Å². The van der Waals surface area contributed by atoms with Crippen LogP contribution in [0.1, 0.15) is 56.9 Å². The summed E-state index contributed by atoms with van der Waals surface area (Å²) >= 11 is 0. The predicted molar refractivity (Wildman–Crippen MR) is 81.2 cm³/mol. The second-order valence-electron chi connectivity index (χ2n) is 6.80. The Balaban J connectivity index is 1.77. The summed E-state index contributed by atoms with van der Waals surface area (Å²) in [6.45, 7) is 3.19. The van der Waals surface area contributed by atoms with Crippen molar-refractivity contribution in [2.24, 2.45) is 11.8 Å². The van der Waals surface area contributed by atoms with Crippen LogP contribution in [0, 0.1) is 23.5 Å². The lowest BCUT2D eigenvalue weighted by Gasteiger charge is -2.36. The first kappa shape index (κ1) is 15.0. The molecule has 0 heterocycles. The van der Waals surface area contributed by atoms with E-state index in [9.17, 15) is 8.78 Å². The minimum absolute atomic E-state index is 0.232. The van der Waals surface area contributed by atoms with Crippen LogP contribution in [0.4, 0.5) is 8.78 Å². The Bertz CT molecular complexity index is 484. The van der Waals surface area contributed by atoms with E-state index >= 15 is 0 Å². The molecular weight excluding hydrogens is 268 g/mol. The van der Waals surface area contributed by atoms with Crippen molar-refractivity contribution in [3.8, 4) is 0 Å². The summed E-state index contributed by atoms with van der Waals surface area (Å²) in [5.74, 6) is 0.542. The van der Waals surface area contributed by atoms with Gasteiger partial charge in [0.05, 0.1) is 0 Å². The molecule has 3 heteroatoms. The summed E-state index contributed by atoms with van der Waals surface area (Å²) in [5, 5.41) is 3.59. The zero-order valence-corrected chi connectivity index (χ0v) is 12.7. The SMILES string of the molecule is CCC1CCC(CNC2CC2)C(c2ccc(F)cc2F)C1. The van der Waals surface area contributed by atoms with Crippen LogP contribution in [0.5, 0.6) is 0 Å². The molecule has 0 aliphatic heterocycles. The molecule has 1 nitrogen and oxygen atoms in total. The second kappa shape index (κ2) is 6.43. The van der Waals surface area contributed by atoms with Crippen molar-refractivity contribution in [3.05, 3.63) is 35.4 Å². The molecule has 1 aromatic carbocycles. The van der Waals surface area contributed by atoms with Crippen LogP contribution in [-0.4, -0.2) is 12.6 Å². The van der Waals surface area contributed by atoms with E-state index in [-0.39, 0.29) is 11.7 Å². The molecule has 21 heavy (non-hydrogen) atoms. The fraction of sp³-hybridized carbons (Fsp3) is 0.667. The van der Waals surface area contributed by atoms with E-state index in [1.165, 1.54) is 25.3 Å². The second-order valence-corrected chi connectivity index (χ2v) is 6.80. The van der Waals surface area contributed by atoms with Crippen LogP contribution in [0.2, 0.25) is 0 Å². The van der Waals surface area contributed by atoms with Gasteiger partial charge in [-0.25, -0.2) is 8.78 Å². The summed E-state index contributed by atoms with van der Waals surface area (Å²) in [6, 6.07) is 4.79. The van der Waals surface area contributed by atoms with Gasteiger partial charge in [-0.1, -0.05) is 25.8 Å². The molecule has 3 unspecified atom stereocenters. The van der Waals surface area contributed by atoms with Gasteiger partial charge in [-0.05, 0) is 61.6 Å². The third-order valence-corrected chi connectivity index (χ3v) is 5.29. The van der Waals surface area contributed by atoms with Gasteiger partial charge in [-0.15, -0.1) is 0 Å². The molecule has 0 spiro atoms. The number of halogens is 2. The Morgan fingerprint density at radius 3 is 2.62 bits per heavy atom. The Labute approximate surface area is 126 Å². The lowest BCUT2D eigenvalue weighted by atomic mass is 9.70. The highest BCUT2D eigenvalue weighted by Gasteiger charge is 2.33. The minimum atomic E-state index is -0.480. The average Bonchev–Trinajstić information content (AvgIpc) is 3.29. The monoisotopic (exact) mass is 293 g/mol. The zero-order chi connectivity index (χ0) is 14.8. The van der Waals surface area contributed by atoms with E-state index in [1.54, 1.807) is 6.07 Å². The molecule has 1 aromatic rings. The number of benzene rings is 1. The van der Waals surface area contributed by atoms with E-state index in [0.29, 0.717) is 17.9 Å². The molecule has 0 amide bonds. The summed E-state index contributed by atoms with van der Waals surface area (Å²) < 4.78 is 27.4. The van der Waals surface area contributed by atoms with Crippen molar-refractivity contribution >= 4 is 0 Å². The molecule has 2 saturated carbocycles. The summed E-state index contributed by atoms with van der Waals surface area (Å²) in [5.41, 5.74) is 0.720. The summed E-state index contributed by atoms with van der Waals surface area (Å²) in [7, 11) is 0. The number of nitrogens with one attached hydrogen (secondary N) is 1. The molecule has 0 bridgehead atoms. The quantitative estimate of drug-likeness (QED) is 0.835. The van der Waals surface area contributed by atoms with E-state index in [4.69, 9.17) is 0 Å². The van der Waals surface area contributed by atoms with Crippen molar-refractivity contribution in [2.45, 2.75) is 57.4 Å². The molecular formula is C18H25F2N. The fourth-order valence-corrected chi connectivity index (χ4v) is 3.72. The molecule has 0 saturated heterocycles. The number of hydrogen-bond donors (Lipinski definition) is 1. The molecule has 2 aliphatic rings. The van der Waals surface area contributed by atoms with Crippen LogP contribution in [0.15, 0.2) is 18.2 Å². The number of hydrogen-bond acceptors (Lipinski definition) is 1. The lowest BCUT2D eigenvalue weighted by Crippen LogP contribution is -2.33. The predicted octanol–water partition coefficient (Wildman–Crippen LogP) is 4.63. The smallest absolute Gasteiger partial charge is 0.129 e. The first-order chi connectivity index (χ1) is 10.2. The Kier molecular flexibility index (Phi) is 4.58. The fourth-order valence-electron chi connectivity index (χ4n) is 3.72. The van der Waals surface area contributed by atoms with Gasteiger partial charge < -0.3 is 5.32 Å². The summed E-state index contributed by atoms with van der Waals surface area (Å²) in [6.07, 6.45) is 7.14. The van der Waals surface area contributed by atoms with Gasteiger partial charge in [0.2, 0.25) is 0 Å². The van der Waals surface area contributed by atoms with Gasteiger partial charge in [-0.3, -0.25) is 0 Å². The van der Waals surface area contributed by atoms with Crippen molar-refractivity contribution in [1.29, 1.82) is 0 Å². The third kappa shape index (κ3) is 3.63. The highest BCUT2D eigenvalue weighted by atomic mass is 19.1. The molecule has 2 aliphatic carbocycles. The molecule has 2 fully saturated rings. The van der Waals surface area contributed by atoms with Gasteiger partial charge in [0.1, 0.15) is 11.6 Å². The van der Waals surface area contributed by atoms with Gasteiger partial charge in [0.15, 0.2) is 0 Å². The summed E-state index contributed by atoms with van der Waals surface area (Å²) in [4.78, 5) is 0. The number of rotatable bonds is 5. The third-order valence-electron chi connectivity index (χ3n) is 5.29. The maximum Gasteiger partial charge on any atom is 0.129 e. The Morgan fingerprint density at radius 2 is 1.95 bits per heavy atom. The van der Waals surface area contributed by atoms with Crippen LogP contribution in [-0.2, 0) is 0 Å². The maximum absolute atomic E-state index is 14.2. The Hall–Kier alpha value is -0.960. The topological polar surface area (TPSA) is 12.0 Å². The molecule has 3 atom stereocenters. The highest BCUT2D eigenvalue weighted by Crippen LogP contribution is 2.42. The largest absolute Gasteiger partial charge is 0.314 e. The van der Waals surface area contributed by atoms with Crippen molar-refractivity contribution in [3.63, 3.8) is 0 Å². The standard InChI is InChI=1S/C18H25F2N/c1-2-12-3-4-13(11-21-15-6-7-15)17(9-12)16-8-5-14(19)10-18(16)20/h5,8,10,12-13,15,17,21H,2-4,6-7,9,11H2,1H3.